The molecule has 2 aromatic carbocycles. The Hall–Kier alpha value is -3.74. The first-order valence-electron chi connectivity index (χ1n) is 9.02. The summed E-state index contributed by atoms with van der Waals surface area (Å²) in [5.41, 5.74) is 2.48. The van der Waals surface area contributed by atoms with Gasteiger partial charge >= 0.3 is 0 Å². The van der Waals surface area contributed by atoms with Crippen molar-refractivity contribution >= 4 is 34.0 Å². The van der Waals surface area contributed by atoms with Crippen molar-refractivity contribution in [3.63, 3.8) is 0 Å². The Balaban J connectivity index is 1.59. The zero-order valence-electron chi connectivity index (χ0n) is 15.6. The molecule has 7 heteroatoms. The van der Waals surface area contributed by atoms with Crippen molar-refractivity contribution in [2.45, 2.75) is 20.0 Å². The van der Waals surface area contributed by atoms with Gasteiger partial charge in [0.25, 0.3) is 0 Å². The number of pyridine rings is 1. The van der Waals surface area contributed by atoms with Crippen molar-refractivity contribution in [3.05, 3.63) is 67.0 Å². The van der Waals surface area contributed by atoms with Gasteiger partial charge in [0.2, 0.25) is 5.95 Å². The third-order valence-corrected chi connectivity index (χ3v) is 3.95. The van der Waals surface area contributed by atoms with Crippen LogP contribution in [0.15, 0.2) is 67.0 Å². The molecule has 0 aliphatic carbocycles. The van der Waals surface area contributed by atoms with E-state index in [2.05, 4.69) is 30.8 Å². The zero-order chi connectivity index (χ0) is 19.3. The summed E-state index contributed by atoms with van der Waals surface area (Å²) in [5.74, 6) is 1.69. The van der Waals surface area contributed by atoms with Gasteiger partial charge in [-0.1, -0.05) is 30.3 Å². The molecule has 2 heterocycles. The lowest BCUT2D eigenvalue weighted by atomic mass is 10.2. The molecule has 0 radical (unpaired) electrons. The molecule has 140 valence electrons. The number of ether oxygens (including phenoxy) is 1. The maximum Gasteiger partial charge on any atom is 0.249 e. The van der Waals surface area contributed by atoms with Crippen LogP contribution in [-0.2, 0) is 0 Å². The SMILES string of the molecule is CC(C)Oc1ccccc1Nc1cnnc(Nc2cccc3cccnc23)n1. The maximum atomic E-state index is 5.84. The number of aromatic nitrogens is 4. The summed E-state index contributed by atoms with van der Waals surface area (Å²) in [6.07, 6.45) is 3.40. The van der Waals surface area contributed by atoms with Gasteiger partial charge in [0.05, 0.1) is 29.2 Å². The van der Waals surface area contributed by atoms with Gasteiger partial charge in [0.15, 0.2) is 5.82 Å². The molecule has 0 bridgehead atoms. The van der Waals surface area contributed by atoms with Gasteiger partial charge < -0.3 is 15.4 Å². The molecule has 0 atom stereocenters. The largest absolute Gasteiger partial charge is 0.489 e. The second-order valence-corrected chi connectivity index (χ2v) is 6.46. The number of fused-ring (bicyclic) bond motifs is 1. The van der Waals surface area contributed by atoms with E-state index in [4.69, 9.17) is 4.74 Å². The highest BCUT2D eigenvalue weighted by Gasteiger charge is 2.09. The minimum atomic E-state index is 0.0718. The summed E-state index contributed by atoms with van der Waals surface area (Å²) in [5, 5.41) is 15.6. The first kappa shape index (κ1) is 17.7. The maximum absolute atomic E-state index is 5.84. The van der Waals surface area contributed by atoms with Crippen LogP contribution in [0.1, 0.15) is 13.8 Å². The van der Waals surface area contributed by atoms with E-state index in [1.807, 2.05) is 68.4 Å². The highest BCUT2D eigenvalue weighted by atomic mass is 16.5. The molecule has 0 unspecified atom stereocenters. The molecule has 28 heavy (non-hydrogen) atoms. The van der Waals surface area contributed by atoms with Crippen molar-refractivity contribution in [1.82, 2.24) is 20.2 Å². The van der Waals surface area contributed by atoms with Crippen molar-refractivity contribution < 1.29 is 4.74 Å². The average molecular weight is 372 g/mol. The lowest BCUT2D eigenvalue weighted by molar-refractivity contribution is 0.244. The summed E-state index contributed by atoms with van der Waals surface area (Å²) in [4.78, 5) is 8.95. The quantitative estimate of drug-likeness (QED) is 0.508. The number of benzene rings is 2. The van der Waals surface area contributed by atoms with Crippen molar-refractivity contribution in [3.8, 4) is 5.75 Å². The van der Waals surface area contributed by atoms with Crippen LogP contribution in [0.4, 0.5) is 23.1 Å². The molecule has 2 N–H and O–H groups in total. The van der Waals surface area contributed by atoms with Crippen LogP contribution in [0.5, 0.6) is 5.75 Å². The van der Waals surface area contributed by atoms with Crippen LogP contribution < -0.4 is 15.4 Å². The summed E-state index contributed by atoms with van der Waals surface area (Å²) in [7, 11) is 0. The van der Waals surface area contributed by atoms with Crippen molar-refractivity contribution in [2.75, 3.05) is 10.6 Å². The van der Waals surface area contributed by atoms with Crippen molar-refractivity contribution in [2.24, 2.45) is 0 Å². The number of rotatable bonds is 6. The van der Waals surface area contributed by atoms with E-state index in [0.717, 1.165) is 28.0 Å². The van der Waals surface area contributed by atoms with Crippen LogP contribution in [0.25, 0.3) is 10.9 Å². The number of nitrogens with one attached hydrogen (secondary N) is 2. The molecule has 0 aliphatic heterocycles. The van der Waals surface area contributed by atoms with Gasteiger partial charge in [-0.3, -0.25) is 4.98 Å². The number of hydrogen-bond donors (Lipinski definition) is 2. The summed E-state index contributed by atoms with van der Waals surface area (Å²) >= 11 is 0. The Labute approximate surface area is 162 Å². The van der Waals surface area contributed by atoms with Crippen LogP contribution in [0.3, 0.4) is 0 Å². The van der Waals surface area contributed by atoms with Gasteiger partial charge in [-0.15, -0.1) is 5.10 Å². The molecule has 4 aromatic rings. The van der Waals surface area contributed by atoms with E-state index in [1.54, 1.807) is 12.4 Å². The smallest absolute Gasteiger partial charge is 0.249 e. The Bertz CT molecular complexity index is 1090. The first-order chi connectivity index (χ1) is 13.7. The van der Waals surface area contributed by atoms with Crippen LogP contribution >= 0.6 is 0 Å². The summed E-state index contributed by atoms with van der Waals surface area (Å²) in [6, 6.07) is 17.5. The molecular formula is C21H20N6O. The minimum absolute atomic E-state index is 0.0718. The van der Waals surface area contributed by atoms with Crippen molar-refractivity contribution in [1.29, 1.82) is 0 Å². The second-order valence-electron chi connectivity index (χ2n) is 6.46. The average Bonchev–Trinajstić information content (AvgIpc) is 2.70. The molecule has 0 saturated carbocycles. The molecule has 0 aliphatic rings. The van der Waals surface area contributed by atoms with Gasteiger partial charge in [-0.2, -0.15) is 10.1 Å². The van der Waals surface area contributed by atoms with Gasteiger partial charge in [0.1, 0.15) is 5.75 Å². The van der Waals surface area contributed by atoms with Gasteiger partial charge in [-0.25, -0.2) is 0 Å². The summed E-state index contributed by atoms with van der Waals surface area (Å²) < 4.78 is 5.84. The fourth-order valence-corrected chi connectivity index (χ4v) is 2.81. The highest BCUT2D eigenvalue weighted by molar-refractivity contribution is 5.91. The van der Waals surface area contributed by atoms with E-state index in [0.29, 0.717) is 11.8 Å². The second kappa shape index (κ2) is 7.87. The molecular weight excluding hydrogens is 352 g/mol. The fraction of sp³-hybridized carbons (Fsp3) is 0.143. The Morgan fingerprint density at radius 1 is 0.893 bits per heavy atom. The van der Waals surface area contributed by atoms with E-state index < -0.39 is 0 Å². The number of anilines is 4. The predicted octanol–water partition coefficient (Wildman–Crippen LogP) is 4.69. The molecule has 2 aromatic heterocycles. The van der Waals surface area contributed by atoms with Crippen LogP contribution in [0.2, 0.25) is 0 Å². The fourth-order valence-electron chi connectivity index (χ4n) is 2.81. The molecule has 0 saturated heterocycles. The molecule has 0 spiro atoms. The lowest BCUT2D eigenvalue weighted by Gasteiger charge is -2.15. The van der Waals surface area contributed by atoms with E-state index in [-0.39, 0.29) is 6.10 Å². The molecule has 4 rings (SSSR count). The third-order valence-electron chi connectivity index (χ3n) is 3.95. The highest BCUT2D eigenvalue weighted by Crippen LogP contribution is 2.28. The molecule has 0 amide bonds. The third kappa shape index (κ3) is 3.98. The Kier molecular flexibility index (Phi) is 4.97. The minimum Gasteiger partial charge on any atom is -0.489 e. The standard InChI is InChI=1S/C21H20N6O/c1-14(2)28-18-11-4-3-9-16(18)24-19-13-23-27-21(26-19)25-17-10-5-7-15-8-6-12-22-20(15)17/h3-14H,1-2H3,(H2,24,25,26,27). The van der Waals surface area contributed by atoms with E-state index in [9.17, 15) is 0 Å². The molecule has 7 nitrogen and oxygen atoms in total. The van der Waals surface area contributed by atoms with Crippen LogP contribution in [0, 0.1) is 0 Å². The van der Waals surface area contributed by atoms with Gasteiger partial charge in [-0.05, 0) is 38.1 Å². The number of para-hydroxylation sites is 3. The topological polar surface area (TPSA) is 84.9 Å². The Morgan fingerprint density at radius 2 is 1.71 bits per heavy atom. The lowest BCUT2D eigenvalue weighted by Crippen LogP contribution is -2.08. The Morgan fingerprint density at radius 3 is 2.61 bits per heavy atom. The molecule has 0 fully saturated rings. The van der Waals surface area contributed by atoms with Gasteiger partial charge in [0, 0.05) is 11.6 Å². The zero-order valence-corrected chi connectivity index (χ0v) is 15.6. The monoisotopic (exact) mass is 372 g/mol. The number of hydrogen-bond acceptors (Lipinski definition) is 7. The normalized spacial score (nSPS) is 10.8. The van der Waals surface area contributed by atoms with Crippen LogP contribution in [-0.4, -0.2) is 26.3 Å². The van der Waals surface area contributed by atoms with E-state index >= 15 is 0 Å². The predicted molar refractivity (Wildman–Crippen MR) is 110 cm³/mol. The van der Waals surface area contributed by atoms with E-state index in [1.165, 1.54) is 0 Å². The first-order valence-corrected chi connectivity index (χ1v) is 9.02. The number of nitrogens with zero attached hydrogens (tertiary/aromatic N) is 4. The summed E-state index contributed by atoms with van der Waals surface area (Å²) in [6.45, 7) is 3.98.